The Labute approximate surface area is 126 Å². The third-order valence-electron chi connectivity index (χ3n) is 3.09. The molecule has 0 saturated heterocycles. The summed E-state index contributed by atoms with van der Waals surface area (Å²) in [6.07, 6.45) is 1.14. The zero-order valence-corrected chi connectivity index (χ0v) is 12.9. The third-order valence-corrected chi connectivity index (χ3v) is 6.10. The van der Waals surface area contributed by atoms with Gasteiger partial charge in [-0.15, -0.1) is 11.3 Å². The summed E-state index contributed by atoms with van der Waals surface area (Å²) in [7, 11) is -2.71. The van der Waals surface area contributed by atoms with Crippen LogP contribution in [0.5, 0.6) is 0 Å². The van der Waals surface area contributed by atoms with Crippen LogP contribution in [0.2, 0.25) is 0 Å². The highest BCUT2D eigenvalue weighted by molar-refractivity contribution is 7.89. The maximum atomic E-state index is 12.7. The summed E-state index contributed by atoms with van der Waals surface area (Å²) in [5.41, 5.74) is 0. The number of nitrogens with zero attached hydrogens (tertiary/aromatic N) is 1. The van der Waals surface area contributed by atoms with Gasteiger partial charge in [0.25, 0.3) is 0 Å². The molecule has 1 aliphatic rings. The van der Waals surface area contributed by atoms with Gasteiger partial charge in [0.15, 0.2) is 0 Å². The first kappa shape index (κ1) is 15.9. The van der Waals surface area contributed by atoms with E-state index in [9.17, 15) is 18.0 Å². The molecule has 0 atom stereocenters. The number of thiophene rings is 1. The van der Waals surface area contributed by atoms with E-state index >= 15 is 0 Å². The Bertz CT molecular complexity index is 646. The number of esters is 1. The minimum absolute atomic E-state index is 0.0125. The van der Waals surface area contributed by atoms with Gasteiger partial charge in [0.05, 0.1) is 13.5 Å². The molecule has 0 bridgehead atoms. The normalized spacial score (nSPS) is 15.1. The molecule has 1 N–H and O–H groups in total. The van der Waals surface area contributed by atoms with Crippen molar-refractivity contribution < 1.29 is 27.9 Å². The largest absolute Gasteiger partial charge is 0.481 e. The van der Waals surface area contributed by atoms with E-state index in [4.69, 9.17) is 5.11 Å². The first-order chi connectivity index (χ1) is 9.87. The molecule has 1 aliphatic carbocycles. The molecule has 1 aromatic heterocycles. The smallest absolute Gasteiger partial charge is 0.349 e. The Morgan fingerprint density at radius 1 is 1.48 bits per heavy atom. The molecule has 0 amide bonds. The van der Waals surface area contributed by atoms with E-state index in [0.717, 1.165) is 11.3 Å². The maximum absolute atomic E-state index is 12.7. The Morgan fingerprint density at radius 3 is 2.67 bits per heavy atom. The molecular formula is C12H15NO6S2. The van der Waals surface area contributed by atoms with Crippen LogP contribution >= 0.6 is 11.3 Å². The van der Waals surface area contributed by atoms with E-state index in [0.29, 0.717) is 12.8 Å². The molecule has 0 spiro atoms. The summed E-state index contributed by atoms with van der Waals surface area (Å²) >= 11 is 0.986. The number of methoxy groups -OCH3 is 1. The van der Waals surface area contributed by atoms with E-state index in [1.54, 1.807) is 0 Å². The maximum Gasteiger partial charge on any atom is 0.349 e. The van der Waals surface area contributed by atoms with Gasteiger partial charge < -0.3 is 9.84 Å². The first-order valence-electron chi connectivity index (χ1n) is 6.27. The quantitative estimate of drug-likeness (QED) is 0.752. The molecular weight excluding hydrogens is 318 g/mol. The molecule has 0 unspecified atom stereocenters. The van der Waals surface area contributed by atoms with Crippen LogP contribution in [-0.2, 0) is 19.6 Å². The number of carbonyl (C=O) groups is 2. The van der Waals surface area contributed by atoms with Crippen LogP contribution in [0.3, 0.4) is 0 Å². The number of carboxylic acid groups (broad SMARTS) is 1. The van der Waals surface area contributed by atoms with Crippen LogP contribution in [0.1, 0.15) is 28.9 Å². The van der Waals surface area contributed by atoms with Crippen molar-refractivity contribution in [2.75, 3.05) is 13.7 Å². The van der Waals surface area contributed by atoms with E-state index in [1.165, 1.54) is 22.9 Å². The first-order valence-corrected chi connectivity index (χ1v) is 8.59. The zero-order chi connectivity index (χ0) is 15.6. The number of hydrogen-bond acceptors (Lipinski definition) is 6. The predicted molar refractivity (Wildman–Crippen MR) is 74.8 cm³/mol. The lowest BCUT2D eigenvalue weighted by atomic mass is 10.4. The van der Waals surface area contributed by atoms with Crippen molar-refractivity contribution >= 4 is 33.3 Å². The van der Waals surface area contributed by atoms with E-state index in [2.05, 4.69) is 4.74 Å². The Balaban J connectivity index is 2.32. The van der Waals surface area contributed by atoms with E-state index in [1.807, 2.05) is 0 Å². The Hall–Kier alpha value is -1.45. The molecule has 21 heavy (non-hydrogen) atoms. The second-order valence-electron chi connectivity index (χ2n) is 4.60. The standard InChI is InChI=1S/C12H15NO6S2/c1-19-12(16)11-9(5-7-20-11)21(17,18)13(8-2-3-8)6-4-10(14)15/h5,7-8H,2-4,6H2,1H3,(H,14,15). The lowest BCUT2D eigenvalue weighted by Crippen LogP contribution is -2.35. The summed E-state index contributed by atoms with van der Waals surface area (Å²) in [5, 5.41) is 10.2. The molecule has 2 rings (SSSR count). The SMILES string of the molecule is COC(=O)c1sccc1S(=O)(=O)N(CCC(=O)O)C1CC1. The average molecular weight is 333 g/mol. The van der Waals surface area contributed by atoms with Crippen LogP contribution in [-0.4, -0.2) is 49.5 Å². The molecule has 0 aliphatic heterocycles. The number of carboxylic acids is 1. The van der Waals surface area contributed by atoms with Gasteiger partial charge in [-0.3, -0.25) is 4.79 Å². The van der Waals surface area contributed by atoms with Crippen molar-refractivity contribution in [1.82, 2.24) is 4.31 Å². The molecule has 0 aromatic carbocycles. The fraction of sp³-hybridized carbons (Fsp3) is 0.500. The monoisotopic (exact) mass is 333 g/mol. The van der Waals surface area contributed by atoms with Gasteiger partial charge in [0, 0.05) is 12.6 Å². The van der Waals surface area contributed by atoms with Gasteiger partial charge in [-0.25, -0.2) is 13.2 Å². The highest BCUT2D eigenvalue weighted by Gasteiger charge is 2.40. The highest BCUT2D eigenvalue weighted by atomic mass is 32.2. The van der Waals surface area contributed by atoms with Gasteiger partial charge in [0.2, 0.25) is 10.0 Å². The molecule has 1 aromatic rings. The summed E-state index contributed by atoms with van der Waals surface area (Å²) in [4.78, 5) is 22.2. The topological polar surface area (TPSA) is 101 Å². The summed E-state index contributed by atoms with van der Waals surface area (Å²) < 4.78 is 31.1. The molecule has 1 heterocycles. The number of ether oxygens (including phenoxy) is 1. The van der Waals surface area contributed by atoms with Crippen molar-refractivity contribution in [3.8, 4) is 0 Å². The van der Waals surface area contributed by atoms with Gasteiger partial charge >= 0.3 is 11.9 Å². The van der Waals surface area contributed by atoms with Crippen molar-refractivity contribution in [2.45, 2.75) is 30.2 Å². The fourth-order valence-corrected chi connectivity index (χ4v) is 4.93. The second-order valence-corrected chi connectivity index (χ2v) is 7.37. The van der Waals surface area contributed by atoms with Crippen molar-refractivity contribution in [3.63, 3.8) is 0 Å². The Morgan fingerprint density at radius 2 is 2.14 bits per heavy atom. The average Bonchev–Trinajstić information content (AvgIpc) is 3.12. The lowest BCUT2D eigenvalue weighted by molar-refractivity contribution is -0.137. The van der Waals surface area contributed by atoms with Gasteiger partial charge in [0.1, 0.15) is 9.77 Å². The minimum atomic E-state index is -3.90. The summed E-state index contributed by atoms with van der Waals surface area (Å²) in [6, 6.07) is 1.17. The van der Waals surface area contributed by atoms with Crippen LogP contribution in [0.25, 0.3) is 0 Å². The van der Waals surface area contributed by atoms with Crippen molar-refractivity contribution in [3.05, 3.63) is 16.3 Å². The molecule has 7 nitrogen and oxygen atoms in total. The van der Waals surface area contributed by atoms with Crippen LogP contribution in [0, 0.1) is 0 Å². The van der Waals surface area contributed by atoms with Crippen LogP contribution in [0.4, 0.5) is 0 Å². The summed E-state index contributed by atoms with van der Waals surface area (Å²) in [6.45, 7) is -0.0984. The van der Waals surface area contributed by atoms with Crippen molar-refractivity contribution in [2.24, 2.45) is 0 Å². The molecule has 1 saturated carbocycles. The van der Waals surface area contributed by atoms with E-state index in [-0.39, 0.29) is 28.8 Å². The number of carbonyl (C=O) groups excluding carboxylic acids is 1. The number of aliphatic carboxylic acids is 1. The number of rotatable bonds is 7. The highest BCUT2D eigenvalue weighted by Crippen LogP contribution is 2.34. The van der Waals surface area contributed by atoms with Crippen molar-refractivity contribution in [1.29, 1.82) is 0 Å². The lowest BCUT2D eigenvalue weighted by Gasteiger charge is -2.21. The molecule has 9 heteroatoms. The van der Waals surface area contributed by atoms with E-state index < -0.39 is 22.0 Å². The molecule has 116 valence electrons. The van der Waals surface area contributed by atoms with Gasteiger partial charge in [-0.05, 0) is 24.3 Å². The fourth-order valence-electron chi connectivity index (χ4n) is 1.94. The van der Waals surface area contributed by atoms with Gasteiger partial charge in [-0.1, -0.05) is 0 Å². The number of sulfonamides is 1. The van der Waals surface area contributed by atoms with Crippen LogP contribution < -0.4 is 0 Å². The predicted octanol–water partition coefficient (Wildman–Crippen LogP) is 1.16. The molecule has 1 fully saturated rings. The van der Waals surface area contributed by atoms with Gasteiger partial charge in [-0.2, -0.15) is 4.31 Å². The minimum Gasteiger partial charge on any atom is -0.481 e. The number of hydrogen-bond donors (Lipinski definition) is 1. The zero-order valence-electron chi connectivity index (χ0n) is 11.3. The Kier molecular flexibility index (Phi) is 4.64. The summed E-state index contributed by atoms with van der Waals surface area (Å²) in [5.74, 6) is -1.77. The second kappa shape index (κ2) is 6.12. The third kappa shape index (κ3) is 3.42. The van der Waals surface area contributed by atoms with Crippen LogP contribution in [0.15, 0.2) is 16.3 Å². The molecule has 0 radical (unpaired) electrons.